The normalized spacial score (nSPS) is 24.1. The third-order valence-electron chi connectivity index (χ3n) is 6.23. The van der Waals surface area contributed by atoms with Gasteiger partial charge < -0.3 is 19.4 Å². The van der Waals surface area contributed by atoms with Crippen LogP contribution in [0.5, 0.6) is 5.75 Å². The highest BCUT2D eigenvalue weighted by molar-refractivity contribution is 6.33. The Morgan fingerprint density at radius 2 is 2.06 bits per heavy atom. The van der Waals surface area contributed by atoms with Gasteiger partial charge in [-0.2, -0.15) is 0 Å². The maximum atomic E-state index is 13.4. The number of rotatable bonds is 4. The first-order valence-electron chi connectivity index (χ1n) is 10.5. The molecule has 2 aliphatic heterocycles. The predicted molar refractivity (Wildman–Crippen MR) is 117 cm³/mol. The Kier molecular flexibility index (Phi) is 5.00. The minimum absolute atomic E-state index is 0.141. The molecule has 9 nitrogen and oxygen atoms in total. The predicted octanol–water partition coefficient (Wildman–Crippen LogP) is 4.43. The van der Waals surface area contributed by atoms with Crippen LogP contribution >= 0.6 is 11.6 Å². The molecule has 1 N–H and O–H groups in total. The molecule has 166 valence electrons. The Morgan fingerprint density at radius 3 is 2.75 bits per heavy atom. The van der Waals surface area contributed by atoms with Crippen LogP contribution in [0.2, 0.25) is 5.02 Å². The number of benzene rings is 1. The number of carbonyl (C=O) groups excluding carboxylic acids is 1. The number of halogens is 1. The number of ether oxygens (including phenoxy) is 1. The van der Waals surface area contributed by atoms with Gasteiger partial charge in [-0.05, 0) is 37.0 Å². The third kappa shape index (κ3) is 3.37. The molecule has 3 atom stereocenters. The van der Waals surface area contributed by atoms with Crippen molar-refractivity contribution in [3.05, 3.63) is 47.4 Å². The van der Waals surface area contributed by atoms with Crippen LogP contribution in [0.15, 0.2) is 35.0 Å². The van der Waals surface area contributed by atoms with Crippen molar-refractivity contribution in [1.82, 2.24) is 25.1 Å². The zero-order valence-corrected chi connectivity index (χ0v) is 18.8. The highest BCUT2D eigenvalue weighted by Gasteiger charge is 2.62. The molecule has 5 rings (SSSR count). The van der Waals surface area contributed by atoms with Crippen molar-refractivity contribution in [2.75, 3.05) is 12.4 Å². The average Bonchev–Trinajstić information content (AvgIpc) is 3.21. The number of aromatic nitrogens is 4. The molecule has 1 aromatic carbocycles. The summed E-state index contributed by atoms with van der Waals surface area (Å²) in [5.74, 6) is 2.47. The van der Waals surface area contributed by atoms with Crippen LogP contribution in [-0.2, 0) is 5.54 Å². The first kappa shape index (κ1) is 20.7. The van der Waals surface area contributed by atoms with E-state index in [1.54, 1.807) is 44.6 Å². The van der Waals surface area contributed by atoms with Gasteiger partial charge in [0.25, 0.3) is 0 Å². The quantitative estimate of drug-likeness (QED) is 0.621. The summed E-state index contributed by atoms with van der Waals surface area (Å²) >= 11 is 6.38. The van der Waals surface area contributed by atoms with Crippen LogP contribution < -0.4 is 10.1 Å². The highest BCUT2D eigenvalue weighted by atomic mass is 35.5. The van der Waals surface area contributed by atoms with E-state index in [9.17, 15) is 4.79 Å². The van der Waals surface area contributed by atoms with Crippen molar-refractivity contribution in [3.8, 4) is 17.1 Å². The zero-order chi connectivity index (χ0) is 22.5. The summed E-state index contributed by atoms with van der Waals surface area (Å²) in [5.41, 5.74) is 0.664. The average molecular weight is 455 g/mol. The Balaban J connectivity index is 1.41. The fraction of sp³-hybridized carbons (Fsp3) is 0.409. The van der Waals surface area contributed by atoms with Crippen LogP contribution in [0.4, 0.5) is 10.5 Å². The number of hydrogen-bond acceptors (Lipinski definition) is 7. The molecule has 0 saturated carbocycles. The van der Waals surface area contributed by atoms with Gasteiger partial charge in [0, 0.05) is 30.6 Å². The number of amides is 2. The number of aryl methyl sites for hydroxylation is 1. The molecule has 2 aliphatic rings. The Bertz CT molecular complexity index is 1170. The number of nitrogens with one attached hydrogen (secondary N) is 1. The van der Waals surface area contributed by atoms with Crippen LogP contribution in [0, 0.1) is 12.8 Å². The van der Waals surface area contributed by atoms with E-state index in [0.29, 0.717) is 45.5 Å². The van der Waals surface area contributed by atoms with Crippen LogP contribution in [0.25, 0.3) is 11.4 Å². The van der Waals surface area contributed by atoms with Gasteiger partial charge in [0.05, 0.1) is 24.5 Å². The summed E-state index contributed by atoms with van der Waals surface area (Å²) < 4.78 is 10.9. The van der Waals surface area contributed by atoms with Crippen molar-refractivity contribution in [2.45, 2.75) is 44.7 Å². The second-order valence-corrected chi connectivity index (χ2v) is 8.91. The van der Waals surface area contributed by atoms with Crippen molar-refractivity contribution >= 4 is 23.3 Å². The molecule has 3 aromatic rings. The molecule has 0 aliphatic carbocycles. The molecule has 2 bridgehead atoms. The number of piperidine rings is 1. The zero-order valence-electron chi connectivity index (χ0n) is 18.0. The Labute approximate surface area is 190 Å². The first-order valence-corrected chi connectivity index (χ1v) is 10.8. The molecule has 3 unspecified atom stereocenters. The number of hydrogen-bond donors (Lipinski definition) is 1. The summed E-state index contributed by atoms with van der Waals surface area (Å²) in [7, 11) is 1.55. The number of carbonyl (C=O) groups is 1. The molecule has 32 heavy (non-hydrogen) atoms. The minimum atomic E-state index is -0.554. The van der Waals surface area contributed by atoms with Crippen LogP contribution in [0.3, 0.4) is 0 Å². The standard InChI is InChI=1S/C22H23ClN6O3/c1-12-6-15-9-22(8-12,20-28-27-13(2)32-20)29(15)21(30)26-14-4-5-18(23)17(7-14)19-24-10-16(31-3)11-25-19/h4-5,7,10-12,15H,6,8-9H2,1-3H3,(H,26,30). The van der Waals surface area contributed by atoms with Crippen molar-refractivity contribution in [3.63, 3.8) is 0 Å². The number of urea groups is 1. The van der Waals surface area contributed by atoms with E-state index in [2.05, 4.69) is 32.4 Å². The second kappa shape index (κ2) is 7.74. The molecule has 0 radical (unpaired) electrons. The van der Waals surface area contributed by atoms with Crippen LogP contribution in [-0.4, -0.2) is 44.2 Å². The lowest BCUT2D eigenvalue weighted by atomic mass is 9.64. The molecule has 2 saturated heterocycles. The molecule has 2 fully saturated rings. The van der Waals surface area contributed by atoms with Crippen molar-refractivity contribution < 1.29 is 13.9 Å². The van der Waals surface area contributed by atoms with Crippen molar-refractivity contribution in [1.29, 1.82) is 0 Å². The van der Waals surface area contributed by atoms with Gasteiger partial charge in [-0.1, -0.05) is 18.5 Å². The van der Waals surface area contributed by atoms with Gasteiger partial charge in [0.15, 0.2) is 11.6 Å². The van der Waals surface area contributed by atoms with Gasteiger partial charge in [-0.15, -0.1) is 10.2 Å². The summed E-state index contributed by atoms with van der Waals surface area (Å²) in [6.07, 6.45) is 5.72. The fourth-order valence-electron chi connectivity index (χ4n) is 4.95. The van der Waals surface area contributed by atoms with E-state index >= 15 is 0 Å². The van der Waals surface area contributed by atoms with E-state index in [4.69, 9.17) is 20.8 Å². The second-order valence-electron chi connectivity index (χ2n) is 8.50. The Morgan fingerprint density at radius 1 is 1.28 bits per heavy atom. The lowest BCUT2D eigenvalue weighted by Gasteiger charge is -2.61. The summed E-state index contributed by atoms with van der Waals surface area (Å²) in [5, 5.41) is 11.7. The number of fused-ring (bicyclic) bond motifs is 2. The molecular formula is C22H23ClN6O3. The molecule has 2 aromatic heterocycles. The first-order chi connectivity index (χ1) is 15.4. The SMILES string of the molecule is COc1cnc(-c2cc(NC(=O)N3C4CC(C)CC3(c3nnc(C)o3)C4)ccc2Cl)nc1. The number of anilines is 1. The van der Waals surface area contributed by atoms with E-state index in [1.807, 2.05) is 4.90 Å². The topological polar surface area (TPSA) is 106 Å². The molecule has 2 amide bonds. The van der Waals surface area contributed by atoms with Gasteiger partial charge >= 0.3 is 6.03 Å². The summed E-state index contributed by atoms with van der Waals surface area (Å²) in [6, 6.07) is 5.19. The highest BCUT2D eigenvalue weighted by Crippen LogP contribution is 2.55. The molecule has 0 spiro atoms. The monoisotopic (exact) mass is 454 g/mol. The molecular weight excluding hydrogens is 432 g/mol. The van der Waals surface area contributed by atoms with Crippen LogP contribution in [0.1, 0.15) is 38.0 Å². The van der Waals surface area contributed by atoms with Gasteiger partial charge in [-0.3, -0.25) is 0 Å². The maximum absolute atomic E-state index is 13.4. The summed E-state index contributed by atoms with van der Waals surface area (Å²) in [6.45, 7) is 3.95. The van der Waals surface area contributed by atoms with E-state index < -0.39 is 5.54 Å². The van der Waals surface area contributed by atoms with Crippen molar-refractivity contribution in [2.24, 2.45) is 5.92 Å². The van der Waals surface area contributed by atoms with E-state index in [1.165, 1.54) is 0 Å². The van der Waals surface area contributed by atoms with Gasteiger partial charge in [-0.25, -0.2) is 14.8 Å². The van der Waals surface area contributed by atoms with Gasteiger partial charge in [0.1, 0.15) is 5.54 Å². The lowest BCUT2D eigenvalue weighted by molar-refractivity contribution is -0.110. The third-order valence-corrected chi connectivity index (χ3v) is 6.56. The maximum Gasteiger partial charge on any atom is 0.323 e. The fourth-order valence-corrected chi connectivity index (χ4v) is 5.15. The lowest BCUT2D eigenvalue weighted by Crippen LogP contribution is -2.70. The van der Waals surface area contributed by atoms with Gasteiger partial charge in [0.2, 0.25) is 11.8 Å². The summed E-state index contributed by atoms with van der Waals surface area (Å²) in [4.78, 5) is 23.8. The van der Waals surface area contributed by atoms with E-state index in [0.717, 1.165) is 19.3 Å². The smallest absolute Gasteiger partial charge is 0.323 e. The van der Waals surface area contributed by atoms with E-state index in [-0.39, 0.29) is 12.1 Å². The largest absolute Gasteiger partial charge is 0.494 e. The molecule has 4 heterocycles. The minimum Gasteiger partial charge on any atom is -0.494 e. The Hall–Kier alpha value is -3.20. The number of methoxy groups -OCH3 is 1. The molecule has 10 heteroatoms. The number of nitrogens with zero attached hydrogens (tertiary/aromatic N) is 5.